The van der Waals surface area contributed by atoms with E-state index in [1.165, 1.54) is 7.05 Å². The van der Waals surface area contributed by atoms with Crippen LogP contribution in [-0.4, -0.2) is 36.2 Å². The molecule has 0 radical (unpaired) electrons. The Morgan fingerprint density at radius 3 is 3.07 bits per heavy atom. The summed E-state index contributed by atoms with van der Waals surface area (Å²) < 4.78 is 4.94. The summed E-state index contributed by atoms with van der Waals surface area (Å²) in [6, 6.07) is 0. The summed E-state index contributed by atoms with van der Waals surface area (Å²) in [7, 11) is 1.54. The molecule has 6 nitrogen and oxygen atoms in total. The molecule has 1 fully saturated rings. The maximum atomic E-state index is 11.1. The number of aromatic nitrogens is 2. The van der Waals surface area contributed by atoms with Gasteiger partial charge in [-0.2, -0.15) is 4.98 Å². The number of hydrogen-bond acceptors (Lipinski definition) is 5. The summed E-state index contributed by atoms with van der Waals surface area (Å²) in [6.07, 6.45) is 0.747. The molecule has 0 unspecified atom stereocenters. The molecule has 0 aromatic carbocycles. The van der Waals surface area contributed by atoms with Crippen molar-refractivity contribution in [2.75, 3.05) is 20.1 Å². The van der Waals surface area contributed by atoms with Crippen molar-refractivity contribution in [2.45, 2.75) is 6.42 Å². The SMILES string of the molecule is CNC(=O)c1noc(CC2CNC2)n1. The minimum absolute atomic E-state index is 0.106. The number of nitrogens with zero attached hydrogens (tertiary/aromatic N) is 2. The fourth-order valence-electron chi connectivity index (χ4n) is 1.28. The highest BCUT2D eigenvalue weighted by Crippen LogP contribution is 2.10. The summed E-state index contributed by atoms with van der Waals surface area (Å²) in [5, 5.41) is 9.17. The predicted molar refractivity (Wildman–Crippen MR) is 47.8 cm³/mol. The lowest BCUT2D eigenvalue weighted by atomic mass is 10.00. The zero-order valence-electron chi connectivity index (χ0n) is 7.91. The molecule has 0 spiro atoms. The molecule has 1 amide bonds. The summed E-state index contributed by atoms with van der Waals surface area (Å²) in [4.78, 5) is 15.1. The van der Waals surface area contributed by atoms with E-state index in [-0.39, 0.29) is 11.7 Å². The van der Waals surface area contributed by atoms with E-state index in [0.29, 0.717) is 11.8 Å². The summed E-state index contributed by atoms with van der Waals surface area (Å²) in [5.74, 6) is 0.893. The molecule has 1 aromatic rings. The van der Waals surface area contributed by atoms with Gasteiger partial charge in [-0.15, -0.1) is 0 Å². The monoisotopic (exact) mass is 196 g/mol. The lowest BCUT2D eigenvalue weighted by molar-refractivity contribution is 0.0950. The molecular formula is C8H12N4O2. The highest BCUT2D eigenvalue weighted by Gasteiger charge is 2.21. The third-order valence-electron chi connectivity index (χ3n) is 2.23. The van der Waals surface area contributed by atoms with Crippen LogP contribution in [0.2, 0.25) is 0 Å². The number of nitrogens with one attached hydrogen (secondary N) is 2. The van der Waals surface area contributed by atoms with Crippen LogP contribution in [-0.2, 0) is 6.42 Å². The van der Waals surface area contributed by atoms with Gasteiger partial charge in [0.25, 0.3) is 11.7 Å². The molecule has 0 atom stereocenters. The lowest BCUT2D eigenvalue weighted by Gasteiger charge is -2.25. The first kappa shape index (κ1) is 9.14. The zero-order chi connectivity index (χ0) is 9.97. The van der Waals surface area contributed by atoms with E-state index >= 15 is 0 Å². The number of carbonyl (C=O) groups excluding carboxylic acids is 1. The Morgan fingerprint density at radius 2 is 2.50 bits per heavy atom. The van der Waals surface area contributed by atoms with Gasteiger partial charge in [-0.25, -0.2) is 0 Å². The molecule has 1 aliphatic rings. The Kier molecular flexibility index (Phi) is 2.45. The predicted octanol–water partition coefficient (Wildman–Crippen LogP) is -0.809. The van der Waals surface area contributed by atoms with E-state index in [4.69, 9.17) is 4.52 Å². The second-order valence-corrected chi connectivity index (χ2v) is 3.32. The second-order valence-electron chi connectivity index (χ2n) is 3.32. The van der Waals surface area contributed by atoms with Crippen LogP contribution in [0, 0.1) is 5.92 Å². The molecule has 6 heteroatoms. The molecule has 1 aliphatic heterocycles. The Hall–Kier alpha value is -1.43. The zero-order valence-corrected chi connectivity index (χ0v) is 7.91. The summed E-state index contributed by atoms with van der Waals surface area (Å²) >= 11 is 0. The smallest absolute Gasteiger partial charge is 0.292 e. The molecule has 1 aromatic heterocycles. The van der Waals surface area contributed by atoms with Crippen molar-refractivity contribution in [3.63, 3.8) is 0 Å². The van der Waals surface area contributed by atoms with Gasteiger partial charge < -0.3 is 15.2 Å². The summed E-state index contributed by atoms with van der Waals surface area (Å²) in [5.41, 5.74) is 0. The standard InChI is InChI=1S/C8H12N4O2/c1-9-8(13)7-11-6(14-12-7)2-5-3-10-4-5/h5,10H,2-4H2,1H3,(H,9,13). The summed E-state index contributed by atoms with van der Waals surface area (Å²) in [6.45, 7) is 1.97. The number of hydrogen-bond donors (Lipinski definition) is 2. The van der Waals surface area contributed by atoms with E-state index in [1.807, 2.05) is 0 Å². The minimum atomic E-state index is -0.313. The molecule has 2 rings (SSSR count). The van der Waals surface area contributed by atoms with Crippen LogP contribution in [0.1, 0.15) is 16.5 Å². The first-order chi connectivity index (χ1) is 6.79. The maximum absolute atomic E-state index is 11.1. The molecule has 0 bridgehead atoms. The van der Waals surface area contributed by atoms with Crippen molar-refractivity contribution in [1.82, 2.24) is 20.8 Å². The van der Waals surface area contributed by atoms with E-state index < -0.39 is 0 Å². The third kappa shape index (κ3) is 1.74. The van der Waals surface area contributed by atoms with Crippen molar-refractivity contribution in [3.05, 3.63) is 11.7 Å². The fourth-order valence-corrected chi connectivity index (χ4v) is 1.28. The molecule has 14 heavy (non-hydrogen) atoms. The Bertz CT molecular complexity index is 332. The Morgan fingerprint density at radius 1 is 1.71 bits per heavy atom. The van der Waals surface area contributed by atoms with Crippen LogP contribution in [0.15, 0.2) is 4.52 Å². The number of carbonyl (C=O) groups is 1. The first-order valence-electron chi connectivity index (χ1n) is 4.55. The first-order valence-corrected chi connectivity index (χ1v) is 4.55. The van der Waals surface area contributed by atoms with Gasteiger partial charge in [-0.05, 0) is 19.0 Å². The van der Waals surface area contributed by atoms with Crippen LogP contribution >= 0.6 is 0 Å². The highest BCUT2D eigenvalue weighted by molar-refractivity contribution is 5.89. The Labute approximate surface area is 81.1 Å². The molecule has 76 valence electrons. The van der Waals surface area contributed by atoms with Gasteiger partial charge in [0.1, 0.15) is 0 Å². The van der Waals surface area contributed by atoms with Crippen LogP contribution in [0.4, 0.5) is 0 Å². The molecule has 1 saturated heterocycles. The van der Waals surface area contributed by atoms with Crippen molar-refractivity contribution < 1.29 is 9.32 Å². The van der Waals surface area contributed by atoms with E-state index in [1.54, 1.807) is 0 Å². The van der Waals surface area contributed by atoms with Gasteiger partial charge in [0.15, 0.2) is 0 Å². The van der Waals surface area contributed by atoms with Gasteiger partial charge in [0.2, 0.25) is 5.89 Å². The largest absolute Gasteiger partial charge is 0.352 e. The van der Waals surface area contributed by atoms with Gasteiger partial charge in [0.05, 0.1) is 0 Å². The van der Waals surface area contributed by atoms with Crippen LogP contribution in [0.5, 0.6) is 0 Å². The van der Waals surface area contributed by atoms with Crippen molar-refractivity contribution >= 4 is 5.91 Å². The second kappa shape index (κ2) is 3.75. The van der Waals surface area contributed by atoms with E-state index in [2.05, 4.69) is 20.8 Å². The minimum Gasteiger partial charge on any atom is -0.352 e. The van der Waals surface area contributed by atoms with Gasteiger partial charge in [0, 0.05) is 13.5 Å². The van der Waals surface area contributed by atoms with Crippen LogP contribution in [0.25, 0.3) is 0 Å². The topological polar surface area (TPSA) is 80.0 Å². The Balaban J connectivity index is 1.98. The van der Waals surface area contributed by atoms with Gasteiger partial charge in [-0.3, -0.25) is 4.79 Å². The van der Waals surface area contributed by atoms with Crippen molar-refractivity contribution in [2.24, 2.45) is 5.92 Å². The molecule has 2 heterocycles. The van der Waals surface area contributed by atoms with E-state index in [0.717, 1.165) is 19.5 Å². The lowest BCUT2D eigenvalue weighted by Crippen LogP contribution is -2.43. The van der Waals surface area contributed by atoms with Crippen LogP contribution in [0.3, 0.4) is 0 Å². The average Bonchev–Trinajstić information content (AvgIpc) is 2.58. The number of rotatable bonds is 3. The number of amides is 1. The van der Waals surface area contributed by atoms with E-state index in [9.17, 15) is 4.79 Å². The van der Waals surface area contributed by atoms with Gasteiger partial charge in [-0.1, -0.05) is 5.16 Å². The van der Waals surface area contributed by atoms with Gasteiger partial charge >= 0.3 is 0 Å². The third-order valence-corrected chi connectivity index (χ3v) is 2.23. The molecular weight excluding hydrogens is 184 g/mol. The van der Waals surface area contributed by atoms with Crippen molar-refractivity contribution in [1.29, 1.82) is 0 Å². The maximum Gasteiger partial charge on any atom is 0.292 e. The quantitative estimate of drug-likeness (QED) is 0.661. The molecule has 2 N–H and O–H groups in total. The van der Waals surface area contributed by atoms with Crippen LogP contribution < -0.4 is 10.6 Å². The highest BCUT2D eigenvalue weighted by atomic mass is 16.5. The van der Waals surface area contributed by atoms with Crippen molar-refractivity contribution in [3.8, 4) is 0 Å². The normalized spacial score (nSPS) is 16.4. The average molecular weight is 196 g/mol. The molecule has 0 aliphatic carbocycles. The molecule has 0 saturated carbocycles. The fraction of sp³-hybridized carbons (Fsp3) is 0.625.